The third kappa shape index (κ3) is 3.00. The number of hydrogen-bond acceptors (Lipinski definition) is 3. The monoisotopic (exact) mass is 298 g/mol. The van der Waals surface area contributed by atoms with Crippen LogP contribution in [0.5, 0.6) is 0 Å². The number of rotatable bonds is 6. The van der Waals surface area contributed by atoms with Crippen LogP contribution in [0.15, 0.2) is 10.2 Å². The molecule has 0 unspecified atom stereocenters. The summed E-state index contributed by atoms with van der Waals surface area (Å²) in [6, 6.07) is 0. The van der Waals surface area contributed by atoms with Gasteiger partial charge in [-0.25, -0.2) is 4.98 Å². The van der Waals surface area contributed by atoms with Gasteiger partial charge in [0.15, 0.2) is 0 Å². The molecule has 2 rings (SSSR count). The molecule has 0 atom stereocenters. The molecule has 0 aliphatic heterocycles. The van der Waals surface area contributed by atoms with Crippen molar-refractivity contribution >= 4 is 33.2 Å². The van der Waals surface area contributed by atoms with Gasteiger partial charge >= 0.3 is 0 Å². The van der Waals surface area contributed by atoms with Gasteiger partial charge in [0, 0.05) is 18.3 Å². The van der Waals surface area contributed by atoms with Crippen LogP contribution in [0.1, 0.15) is 45.4 Å². The van der Waals surface area contributed by atoms with Gasteiger partial charge in [-0.1, -0.05) is 38.3 Å². The maximum atomic E-state index is 12.5. The van der Waals surface area contributed by atoms with Crippen molar-refractivity contribution in [3.8, 4) is 0 Å². The molecule has 0 aliphatic carbocycles. The summed E-state index contributed by atoms with van der Waals surface area (Å²) in [4.78, 5) is 18.0. The molecule has 5 heteroatoms. The molecule has 0 aliphatic rings. The van der Waals surface area contributed by atoms with Crippen molar-refractivity contribution in [1.82, 2.24) is 9.55 Å². The fraction of sp³-hybridized carbons (Fsp3) is 0.571. The summed E-state index contributed by atoms with van der Waals surface area (Å²) in [5.74, 6) is 0.909. The molecular formula is C14H19ClN2OS. The van der Waals surface area contributed by atoms with Gasteiger partial charge < -0.3 is 0 Å². The maximum Gasteiger partial charge on any atom is 0.263 e. The van der Waals surface area contributed by atoms with Gasteiger partial charge in [-0.3, -0.25) is 9.36 Å². The lowest BCUT2D eigenvalue weighted by molar-refractivity contribution is 0.567. The van der Waals surface area contributed by atoms with E-state index in [2.05, 4.69) is 18.8 Å². The second kappa shape index (κ2) is 6.53. The minimum atomic E-state index is 0.0239. The number of halogens is 1. The van der Waals surface area contributed by atoms with Crippen molar-refractivity contribution in [3.63, 3.8) is 0 Å². The Labute approximate surface area is 122 Å². The van der Waals surface area contributed by atoms with Gasteiger partial charge in [0.1, 0.15) is 10.7 Å². The van der Waals surface area contributed by atoms with Crippen LogP contribution >= 0.6 is 22.9 Å². The molecule has 2 heterocycles. The molecular weight excluding hydrogens is 280 g/mol. The highest BCUT2D eigenvalue weighted by molar-refractivity contribution is 7.17. The van der Waals surface area contributed by atoms with E-state index in [9.17, 15) is 4.79 Å². The lowest BCUT2D eigenvalue weighted by Gasteiger charge is -2.11. The normalized spacial score (nSPS) is 11.3. The summed E-state index contributed by atoms with van der Waals surface area (Å²) >= 11 is 7.55. The van der Waals surface area contributed by atoms with Gasteiger partial charge in [-0.05, 0) is 12.8 Å². The maximum absolute atomic E-state index is 12.5. The van der Waals surface area contributed by atoms with Crippen molar-refractivity contribution in [2.45, 2.75) is 52.5 Å². The Balaban J connectivity index is 2.53. The van der Waals surface area contributed by atoms with Crippen molar-refractivity contribution in [3.05, 3.63) is 26.6 Å². The van der Waals surface area contributed by atoms with Gasteiger partial charge in [-0.2, -0.15) is 0 Å². The molecule has 0 N–H and O–H groups in total. The lowest BCUT2D eigenvalue weighted by Crippen LogP contribution is -2.25. The molecule has 2 aromatic heterocycles. The number of aromatic nitrogens is 2. The van der Waals surface area contributed by atoms with E-state index in [-0.39, 0.29) is 5.56 Å². The first-order valence-electron chi connectivity index (χ1n) is 6.85. The van der Waals surface area contributed by atoms with Crippen LogP contribution in [0.4, 0.5) is 0 Å². The molecule has 2 aromatic rings. The van der Waals surface area contributed by atoms with E-state index in [0.29, 0.717) is 10.4 Å². The zero-order valence-electron chi connectivity index (χ0n) is 11.4. The van der Waals surface area contributed by atoms with E-state index >= 15 is 0 Å². The Kier molecular flexibility index (Phi) is 4.99. The molecule has 104 valence electrons. The van der Waals surface area contributed by atoms with Crippen LogP contribution in [-0.4, -0.2) is 9.55 Å². The summed E-state index contributed by atoms with van der Waals surface area (Å²) in [5, 5.41) is 2.92. The minimum absolute atomic E-state index is 0.0239. The molecule has 0 bridgehead atoms. The molecule has 0 saturated carbocycles. The third-order valence-electron chi connectivity index (χ3n) is 3.22. The van der Waals surface area contributed by atoms with E-state index < -0.39 is 0 Å². The zero-order chi connectivity index (χ0) is 13.8. The van der Waals surface area contributed by atoms with Crippen LogP contribution in [0.3, 0.4) is 0 Å². The van der Waals surface area contributed by atoms with Crippen LogP contribution in [0.2, 0.25) is 5.02 Å². The summed E-state index contributed by atoms with van der Waals surface area (Å²) in [5.41, 5.74) is 0.0239. The Bertz CT molecular complexity index is 618. The molecule has 0 fully saturated rings. The minimum Gasteiger partial charge on any atom is -0.296 e. The molecule has 19 heavy (non-hydrogen) atoms. The van der Waals surface area contributed by atoms with Crippen molar-refractivity contribution in [2.24, 2.45) is 0 Å². The largest absolute Gasteiger partial charge is 0.296 e. The number of hydrogen-bond donors (Lipinski definition) is 0. The van der Waals surface area contributed by atoms with E-state index in [0.717, 1.165) is 49.3 Å². The summed E-state index contributed by atoms with van der Waals surface area (Å²) < 4.78 is 1.82. The summed E-state index contributed by atoms with van der Waals surface area (Å²) in [6.07, 6.45) is 5.08. The first-order valence-corrected chi connectivity index (χ1v) is 8.11. The number of aryl methyl sites for hydroxylation is 1. The van der Waals surface area contributed by atoms with Crippen LogP contribution in [-0.2, 0) is 13.0 Å². The van der Waals surface area contributed by atoms with Gasteiger partial charge in [0.2, 0.25) is 0 Å². The van der Waals surface area contributed by atoms with Gasteiger partial charge in [0.05, 0.1) is 10.4 Å². The predicted molar refractivity (Wildman–Crippen MR) is 82.4 cm³/mol. The number of unbranched alkanes of at least 4 members (excludes halogenated alkanes) is 2. The Hall–Kier alpha value is -0.870. The van der Waals surface area contributed by atoms with E-state index in [1.807, 2.05) is 4.57 Å². The summed E-state index contributed by atoms with van der Waals surface area (Å²) in [6.45, 7) is 5.01. The Morgan fingerprint density at radius 2 is 2.05 bits per heavy atom. The first kappa shape index (κ1) is 14.5. The SMILES string of the molecule is CCCCc1nc2scc(Cl)c2c(=O)n1CCCC. The van der Waals surface area contributed by atoms with E-state index in [1.54, 1.807) is 5.38 Å². The average molecular weight is 299 g/mol. The predicted octanol–water partition coefficient (Wildman–Crippen LogP) is 4.25. The Morgan fingerprint density at radius 3 is 2.74 bits per heavy atom. The molecule has 0 spiro atoms. The van der Waals surface area contributed by atoms with Gasteiger partial charge in [0.25, 0.3) is 5.56 Å². The quantitative estimate of drug-likeness (QED) is 0.799. The van der Waals surface area contributed by atoms with Crippen molar-refractivity contribution in [1.29, 1.82) is 0 Å². The highest BCUT2D eigenvalue weighted by Crippen LogP contribution is 2.26. The van der Waals surface area contributed by atoms with Crippen LogP contribution in [0, 0.1) is 0 Å². The Morgan fingerprint density at radius 1 is 1.32 bits per heavy atom. The van der Waals surface area contributed by atoms with E-state index in [4.69, 9.17) is 11.6 Å². The first-order chi connectivity index (χ1) is 9.19. The second-order valence-corrected chi connectivity index (χ2v) is 5.97. The van der Waals surface area contributed by atoms with Crippen LogP contribution in [0.25, 0.3) is 10.2 Å². The number of thiophene rings is 1. The molecule has 0 radical (unpaired) electrons. The molecule has 0 saturated heterocycles. The molecule has 0 aromatic carbocycles. The fourth-order valence-electron chi connectivity index (χ4n) is 2.11. The van der Waals surface area contributed by atoms with Crippen molar-refractivity contribution in [2.75, 3.05) is 0 Å². The van der Waals surface area contributed by atoms with E-state index in [1.165, 1.54) is 11.3 Å². The van der Waals surface area contributed by atoms with Gasteiger partial charge in [-0.15, -0.1) is 11.3 Å². The van der Waals surface area contributed by atoms with Crippen molar-refractivity contribution < 1.29 is 0 Å². The second-order valence-electron chi connectivity index (χ2n) is 4.71. The highest BCUT2D eigenvalue weighted by atomic mass is 35.5. The average Bonchev–Trinajstić information content (AvgIpc) is 2.77. The summed E-state index contributed by atoms with van der Waals surface area (Å²) in [7, 11) is 0. The third-order valence-corrected chi connectivity index (χ3v) is 4.52. The molecule has 3 nitrogen and oxygen atoms in total. The highest BCUT2D eigenvalue weighted by Gasteiger charge is 2.14. The molecule has 0 amide bonds. The van der Waals surface area contributed by atoms with Crippen LogP contribution < -0.4 is 5.56 Å². The smallest absolute Gasteiger partial charge is 0.263 e. The fourth-order valence-corrected chi connectivity index (χ4v) is 3.27. The standard InChI is InChI=1S/C14H19ClN2OS/c1-3-5-7-11-16-13-12(10(15)9-19-13)14(18)17(11)8-6-4-2/h9H,3-8H2,1-2H3. The zero-order valence-corrected chi connectivity index (χ0v) is 13.0. The number of fused-ring (bicyclic) bond motifs is 1. The topological polar surface area (TPSA) is 34.9 Å². The number of nitrogens with zero attached hydrogens (tertiary/aromatic N) is 2. The lowest BCUT2D eigenvalue weighted by atomic mass is 10.2.